The fourth-order valence-corrected chi connectivity index (χ4v) is 2.11. The molecule has 0 saturated heterocycles. The number of amides is 2. The maximum Gasteiger partial charge on any atom is 0.251 e. The van der Waals surface area contributed by atoms with Gasteiger partial charge in [0.15, 0.2) is 0 Å². The number of ether oxygens (including phenoxy) is 1. The van der Waals surface area contributed by atoms with Crippen molar-refractivity contribution in [1.82, 2.24) is 10.6 Å². The molecule has 0 heterocycles. The molecule has 2 rings (SSSR count). The molecule has 0 spiro atoms. The standard InChI is InChI=1S/C18H20N2O3/c1-23-13-14-6-5-9-16(12-14)18(22)20-11-10-19-17(21)15-7-3-2-4-8-15/h2-9,12H,10-11,13H2,1H3,(H,19,21)(H,20,22). The lowest BCUT2D eigenvalue weighted by Gasteiger charge is -2.08. The van der Waals surface area contributed by atoms with E-state index in [-0.39, 0.29) is 11.8 Å². The van der Waals surface area contributed by atoms with E-state index >= 15 is 0 Å². The average molecular weight is 312 g/mol. The van der Waals surface area contributed by atoms with E-state index in [1.54, 1.807) is 31.4 Å². The Morgan fingerprint density at radius 3 is 2.13 bits per heavy atom. The van der Waals surface area contributed by atoms with E-state index < -0.39 is 0 Å². The summed E-state index contributed by atoms with van der Waals surface area (Å²) in [5, 5.41) is 5.54. The van der Waals surface area contributed by atoms with Crippen molar-refractivity contribution in [2.45, 2.75) is 6.61 Å². The second kappa shape index (κ2) is 8.70. The summed E-state index contributed by atoms with van der Waals surface area (Å²) in [5.74, 6) is -0.321. The molecule has 5 nitrogen and oxygen atoms in total. The van der Waals surface area contributed by atoms with Gasteiger partial charge in [0.2, 0.25) is 0 Å². The molecule has 0 saturated carbocycles. The first-order valence-electron chi connectivity index (χ1n) is 7.40. The molecule has 0 radical (unpaired) electrons. The summed E-state index contributed by atoms with van der Waals surface area (Å²) >= 11 is 0. The summed E-state index contributed by atoms with van der Waals surface area (Å²) in [4.78, 5) is 23.9. The molecule has 2 N–H and O–H groups in total. The van der Waals surface area contributed by atoms with Crippen LogP contribution in [0.1, 0.15) is 26.3 Å². The van der Waals surface area contributed by atoms with Crippen LogP contribution in [-0.4, -0.2) is 32.0 Å². The number of benzene rings is 2. The largest absolute Gasteiger partial charge is 0.380 e. The van der Waals surface area contributed by atoms with Crippen LogP contribution >= 0.6 is 0 Å². The van der Waals surface area contributed by atoms with Crippen molar-refractivity contribution in [2.75, 3.05) is 20.2 Å². The van der Waals surface area contributed by atoms with E-state index in [0.29, 0.717) is 30.8 Å². The third kappa shape index (κ3) is 5.23. The SMILES string of the molecule is COCc1cccc(C(=O)NCCNC(=O)c2ccccc2)c1. The predicted octanol–water partition coefficient (Wildman–Crippen LogP) is 1.99. The first-order valence-corrected chi connectivity index (χ1v) is 7.40. The maximum absolute atomic E-state index is 12.1. The summed E-state index contributed by atoms with van der Waals surface area (Å²) in [5.41, 5.74) is 2.12. The van der Waals surface area contributed by atoms with Crippen LogP contribution in [0.3, 0.4) is 0 Å². The van der Waals surface area contributed by atoms with E-state index in [1.165, 1.54) is 0 Å². The topological polar surface area (TPSA) is 67.4 Å². The Hall–Kier alpha value is -2.66. The Bertz CT molecular complexity index is 656. The van der Waals surface area contributed by atoms with Gasteiger partial charge in [-0.25, -0.2) is 0 Å². The van der Waals surface area contributed by atoms with E-state index in [9.17, 15) is 9.59 Å². The van der Waals surface area contributed by atoms with E-state index in [1.807, 2.05) is 30.3 Å². The number of carbonyl (C=O) groups excluding carboxylic acids is 2. The summed E-state index contributed by atoms with van der Waals surface area (Å²) in [6.45, 7) is 1.21. The molecule has 0 unspecified atom stereocenters. The van der Waals surface area contributed by atoms with E-state index in [0.717, 1.165) is 5.56 Å². The molecule has 120 valence electrons. The summed E-state index contributed by atoms with van der Waals surface area (Å²) in [6.07, 6.45) is 0. The van der Waals surface area contributed by atoms with E-state index in [2.05, 4.69) is 10.6 Å². The maximum atomic E-state index is 12.1. The number of hydrogen-bond acceptors (Lipinski definition) is 3. The van der Waals surface area contributed by atoms with Gasteiger partial charge >= 0.3 is 0 Å². The minimum Gasteiger partial charge on any atom is -0.380 e. The fourth-order valence-electron chi connectivity index (χ4n) is 2.11. The zero-order valence-electron chi connectivity index (χ0n) is 13.0. The average Bonchev–Trinajstić information content (AvgIpc) is 2.59. The monoisotopic (exact) mass is 312 g/mol. The Kier molecular flexibility index (Phi) is 6.32. The molecule has 0 aromatic heterocycles. The lowest BCUT2D eigenvalue weighted by atomic mass is 10.1. The minimum absolute atomic E-state index is 0.151. The van der Waals surface area contributed by atoms with Crippen LogP contribution in [0, 0.1) is 0 Å². The highest BCUT2D eigenvalue weighted by Gasteiger charge is 2.07. The van der Waals surface area contributed by atoms with Gasteiger partial charge < -0.3 is 15.4 Å². The highest BCUT2D eigenvalue weighted by Crippen LogP contribution is 2.06. The van der Waals surface area contributed by atoms with Crippen molar-refractivity contribution in [1.29, 1.82) is 0 Å². The van der Waals surface area contributed by atoms with Gasteiger partial charge in [0.05, 0.1) is 6.61 Å². The highest BCUT2D eigenvalue weighted by atomic mass is 16.5. The molecule has 5 heteroatoms. The molecule has 0 aliphatic carbocycles. The third-order valence-electron chi connectivity index (χ3n) is 3.23. The van der Waals surface area contributed by atoms with Crippen molar-refractivity contribution in [3.63, 3.8) is 0 Å². The molecular formula is C18H20N2O3. The molecule has 0 atom stereocenters. The van der Waals surface area contributed by atoms with Crippen molar-refractivity contribution < 1.29 is 14.3 Å². The van der Waals surface area contributed by atoms with Crippen LogP contribution < -0.4 is 10.6 Å². The van der Waals surface area contributed by atoms with Crippen LogP contribution in [-0.2, 0) is 11.3 Å². The Labute approximate surface area is 135 Å². The minimum atomic E-state index is -0.170. The quantitative estimate of drug-likeness (QED) is 0.768. The van der Waals surface area contributed by atoms with Crippen molar-refractivity contribution in [3.05, 3.63) is 71.3 Å². The second-order valence-electron chi connectivity index (χ2n) is 5.01. The molecule has 2 aromatic carbocycles. The van der Waals surface area contributed by atoms with Gasteiger partial charge in [-0.05, 0) is 29.8 Å². The van der Waals surface area contributed by atoms with Crippen LogP contribution in [0.25, 0.3) is 0 Å². The number of nitrogens with one attached hydrogen (secondary N) is 2. The number of methoxy groups -OCH3 is 1. The van der Waals surface area contributed by atoms with Gasteiger partial charge in [0.1, 0.15) is 0 Å². The molecule has 0 aliphatic rings. The summed E-state index contributed by atoms with van der Waals surface area (Å²) in [7, 11) is 1.61. The lowest BCUT2D eigenvalue weighted by Crippen LogP contribution is -2.34. The van der Waals surface area contributed by atoms with Crippen LogP contribution in [0.4, 0.5) is 0 Å². The number of rotatable bonds is 7. The third-order valence-corrected chi connectivity index (χ3v) is 3.23. The molecule has 23 heavy (non-hydrogen) atoms. The summed E-state index contributed by atoms with van der Waals surface area (Å²) < 4.78 is 5.05. The molecule has 0 fully saturated rings. The van der Waals surface area contributed by atoms with E-state index in [4.69, 9.17) is 4.74 Å². The van der Waals surface area contributed by atoms with Crippen molar-refractivity contribution in [3.8, 4) is 0 Å². The molecule has 0 aliphatic heterocycles. The van der Waals surface area contributed by atoms with Gasteiger partial charge in [-0.2, -0.15) is 0 Å². The second-order valence-corrected chi connectivity index (χ2v) is 5.01. The fraction of sp³-hybridized carbons (Fsp3) is 0.222. The first-order chi connectivity index (χ1) is 11.2. The van der Waals surface area contributed by atoms with Gasteiger partial charge in [-0.1, -0.05) is 30.3 Å². The molecular weight excluding hydrogens is 292 g/mol. The lowest BCUT2D eigenvalue weighted by molar-refractivity contribution is 0.0927. The van der Waals surface area contributed by atoms with Gasteiger partial charge in [-0.15, -0.1) is 0 Å². The normalized spacial score (nSPS) is 10.1. The molecule has 2 aromatic rings. The van der Waals surface area contributed by atoms with Crippen molar-refractivity contribution in [2.24, 2.45) is 0 Å². The highest BCUT2D eigenvalue weighted by molar-refractivity contribution is 5.95. The Balaban J connectivity index is 1.77. The number of hydrogen-bond donors (Lipinski definition) is 2. The molecule has 2 amide bonds. The zero-order chi connectivity index (χ0) is 16.5. The summed E-state index contributed by atoms with van der Waals surface area (Å²) in [6, 6.07) is 16.2. The van der Waals surface area contributed by atoms with Gasteiger partial charge in [0, 0.05) is 31.3 Å². The smallest absolute Gasteiger partial charge is 0.251 e. The Morgan fingerprint density at radius 1 is 0.870 bits per heavy atom. The van der Waals surface area contributed by atoms with Crippen LogP contribution in [0.2, 0.25) is 0 Å². The van der Waals surface area contributed by atoms with Crippen molar-refractivity contribution >= 4 is 11.8 Å². The molecule has 0 bridgehead atoms. The van der Waals surface area contributed by atoms with Crippen LogP contribution in [0.15, 0.2) is 54.6 Å². The first kappa shape index (κ1) is 16.7. The predicted molar refractivity (Wildman–Crippen MR) is 88.3 cm³/mol. The zero-order valence-corrected chi connectivity index (χ0v) is 13.0. The van der Waals surface area contributed by atoms with Gasteiger partial charge in [0.25, 0.3) is 11.8 Å². The Morgan fingerprint density at radius 2 is 1.48 bits per heavy atom. The number of carbonyl (C=O) groups is 2. The van der Waals surface area contributed by atoms with Gasteiger partial charge in [-0.3, -0.25) is 9.59 Å². The van der Waals surface area contributed by atoms with Crippen LogP contribution in [0.5, 0.6) is 0 Å².